The number of piperidine rings is 1. The molecule has 116 valence electrons. The molecule has 1 aliphatic heterocycles. The van der Waals surface area contributed by atoms with Crippen LogP contribution in [0.3, 0.4) is 0 Å². The van der Waals surface area contributed by atoms with E-state index < -0.39 is 0 Å². The van der Waals surface area contributed by atoms with Gasteiger partial charge in [0.25, 0.3) is 0 Å². The Labute approximate surface area is 130 Å². The number of phenolic OH excluding ortho intramolecular Hbond substituents is 1. The molecule has 1 aromatic carbocycles. The van der Waals surface area contributed by atoms with Crippen molar-refractivity contribution in [2.24, 2.45) is 5.73 Å². The van der Waals surface area contributed by atoms with Gasteiger partial charge in [-0.25, -0.2) is 4.68 Å². The fourth-order valence-electron chi connectivity index (χ4n) is 3.27. The number of nitrogens with zero attached hydrogens (tertiary/aromatic N) is 3. The Bertz CT molecular complexity index is 652. The number of aromatic nitrogens is 2. The van der Waals surface area contributed by atoms with Crippen molar-refractivity contribution in [2.75, 3.05) is 18.0 Å². The van der Waals surface area contributed by atoms with Crippen LogP contribution >= 0.6 is 0 Å². The van der Waals surface area contributed by atoms with Gasteiger partial charge in [-0.05, 0) is 49.9 Å². The molecule has 5 heteroatoms. The van der Waals surface area contributed by atoms with Crippen molar-refractivity contribution in [3.05, 3.63) is 36.2 Å². The lowest BCUT2D eigenvalue weighted by atomic mass is 10.1. The largest absolute Gasteiger partial charge is 0.508 e. The minimum absolute atomic E-state index is 0.286. The summed E-state index contributed by atoms with van der Waals surface area (Å²) in [6, 6.07) is 7.61. The highest BCUT2D eigenvalue weighted by Gasteiger charge is 2.33. The Kier molecular flexibility index (Phi) is 3.30. The van der Waals surface area contributed by atoms with Crippen molar-refractivity contribution in [1.82, 2.24) is 9.78 Å². The molecule has 0 amide bonds. The topological polar surface area (TPSA) is 67.3 Å². The minimum Gasteiger partial charge on any atom is -0.508 e. The van der Waals surface area contributed by atoms with Crippen LogP contribution in [0.15, 0.2) is 30.5 Å². The second-order valence-corrected chi connectivity index (χ2v) is 6.44. The average molecular weight is 298 g/mol. The molecule has 0 radical (unpaired) electrons. The monoisotopic (exact) mass is 298 g/mol. The third-order valence-electron chi connectivity index (χ3n) is 4.72. The first-order valence-electron chi connectivity index (χ1n) is 8.10. The average Bonchev–Trinajstić information content (AvgIpc) is 3.28. The fraction of sp³-hybridized carbons (Fsp3) is 0.471. The number of hydrogen-bond acceptors (Lipinski definition) is 4. The third kappa shape index (κ3) is 2.46. The summed E-state index contributed by atoms with van der Waals surface area (Å²) in [6.07, 6.45) is 6.58. The Hall–Kier alpha value is -2.01. The molecular formula is C17H22N4O. The molecular weight excluding hydrogens is 276 g/mol. The molecule has 2 fully saturated rings. The molecule has 0 bridgehead atoms. The van der Waals surface area contributed by atoms with Gasteiger partial charge in [-0.3, -0.25) is 0 Å². The molecule has 1 aromatic heterocycles. The molecule has 2 aliphatic rings. The zero-order valence-electron chi connectivity index (χ0n) is 12.7. The Morgan fingerprint density at radius 3 is 2.36 bits per heavy atom. The van der Waals surface area contributed by atoms with Gasteiger partial charge in [-0.15, -0.1) is 0 Å². The van der Waals surface area contributed by atoms with E-state index in [0.29, 0.717) is 12.0 Å². The molecule has 2 heterocycles. The molecule has 3 N–H and O–H groups in total. The summed E-state index contributed by atoms with van der Waals surface area (Å²) in [6.45, 7) is 2.03. The van der Waals surface area contributed by atoms with Crippen molar-refractivity contribution in [1.29, 1.82) is 0 Å². The maximum atomic E-state index is 9.48. The second-order valence-electron chi connectivity index (χ2n) is 6.44. The Morgan fingerprint density at radius 2 is 1.73 bits per heavy atom. The molecule has 0 spiro atoms. The second kappa shape index (κ2) is 5.32. The van der Waals surface area contributed by atoms with Crippen molar-refractivity contribution >= 4 is 5.69 Å². The Balaban J connectivity index is 1.70. The Morgan fingerprint density at radius 1 is 1.05 bits per heavy atom. The number of hydrogen-bond donors (Lipinski definition) is 2. The summed E-state index contributed by atoms with van der Waals surface area (Å²) >= 11 is 0. The SMILES string of the molecule is NC1CCN(c2cnn(-c3ccc(O)cc3)c2C2CC2)CC1. The fourth-order valence-corrected chi connectivity index (χ4v) is 3.27. The van der Waals surface area contributed by atoms with Gasteiger partial charge in [0.2, 0.25) is 0 Å². The summed E-state index contributed by atoms with van der Waals surface area (Å²) in [5.74, 6) is 0.899. The highest BCUT2D eigenvalue weighted by Crippen LogP contribution is 2.45. The first-order chi connectivity index (χ1) is 10.7. The lowest BCUT2D eigenvalue weighted by Crippen LogP contribution is -2.39. The quantitative estimate of drug-likeness (QED) is 0.913. The van der Waals surface area contributed by atoms with Crippen molar-refractivity contribution in [3.63, 3.8) is 0 Å². The zero-order chi connectivity index (χ0) is 15.1. The number of nitrogens with two attached hydrogens (primary N) is 1. The predicted octanol–water partition coefficient (Wildman–Crippen LogP) is 2.38. The maximum absolute atomic E-state index is 9.48. The lowest BCUT2D eigenvalue weighted by Gasteiger charge is -2.32. The number of anilines is 1. The van der Waals surface area contributed by atoms with Crippen LogP contribution in [-0.4, -0.2) is 34.0 Å². The summed E-state index contributed by atoms with van der Waals surface area (Å²) in [7, 11) is 0. The van der Waals surface area contributed by atoms with Crippen LogP contribution in [0.1, 0.15) is 37.3 Å². The molecule has 4 rings (SSSR count). The normalized spacial score (nSPS) is 19.6. The zero-order valence-corrected chi connectivity index (χ0v) is 12.7. The van der Waals surface area contributed by atoms with E-state index in [9.17, 15) is 5.11 Å². The van der Waals surface area contributed by atoms with Gasteiger partial charge in [-0.2, -0.15) is 5.10 Å². The van der Waals surface area contributed by atoms with Gasteiger partial charge in [0.1, 0.15) is 5.75 Å². The van der Waals surface area contributed by atoms with Crippen molar-refractivity contribution in [2.45, 2.75) is 37.6 Å². The van der Waals surface area contributed by atoms with E-state index in [1.807, 2.05) is 23.0 Å². The highest BCUT2D eigenvalue weighted by atomic mass is 16.3. The van der Waals surface area contributed by atoms with E-state index >= 15 is 0 Å². The van der Waals surface area contributed by atoms with E-state index in [4.69, 9.17) is 5.73 Å². The predicted molar refractivity (Wildman–Crippen MR) is 86.6 cm³/mol. The highest BCUT2D eigenvalue weighted by molar-refractivity contribution is 5.56. The minimum atomic E-state index is 0.286. The summed E-state index contributed by atoms with van der Waals surface area (Å²) in [5.41, 5.74) is 9.62. The smallest absolute Gasteiger partial charge is 0.115 e. The van der Waals surface area contributed by atoms with Crippen molar-refractivity contribution < 1.29 is 5.11 Å². The maximum Gasteiger partial charge on any atom is 0.115 e. The van der Waals surface area contributed by atoms with Crippen LogP contribution < -0.4 is 10.6 Å². The number of aromatic hydroxyl groups is 1. The molecule has 1 saturated heterocycles. The van der Waals surface area contributed by atoms with E-state index in [0.717, 1.165) is 31.6 Å². The van der Waals surface area contributed by atoms with E-state index in [-0.39, 0.29) is 5.75 Å². The molecule has 5 nitrogen and oxygen atoms in total. The molecule has 0 atom stereocenters. The van der Waals surface area contributed by atoms with Crippen molar-refractivity contribution in [3.8, 4) is 11.4 Å². The van der Waals surface area contributed by atoms with Crippen LogP contribution in [0.2, 0.25) is 0 Å². The van der Waals surface area contributed by atoms with Crippen LogP contribution in [0, 0.1) is 0 Å². The standard InChI is InChI=1S/C17H22N4O/c18-13-7-9-20(10-8-13)16-11-19-21(17(16)12-1-2-12)14-3-5-15(22)6-4-14/h3-6,11-13,22H,1-2,7-10,18H2. The number of benzene rings is 1. The molecule has 22 heavy (non-hydrogen) atoms. The first kappa shape index (κ1) is 13.6. The van der Waals surface area contributed by atoms with E-state index in [1.54, 1.807) is 12.1 Å². The molecule has 2 aromatic rings. The summed E-state index contributed by atoms with van der Waals surface area (Å²) in [5, 5.41) is 14.1. The van der Waals surface area contributed by atoms with E-state index in [1.165, 1.54) is 24.2 Å². The van der Waals surface area contributed by atoms with Gasteiger partial charge in [0, 0.05) is 25.0 Å². The molecule has 0 unspecified atom stereocenters. The lowest BCUT2D eigenvalue weighted by molar-refractivity contribution is 0.475. The van der Waals surface area contributed by atoms with Crippen LogP contribution in [0.5, 0.6) is 5.75 Å². The van der Waals surface area contributed by atoms with Crippen LogP contribution in [-0.2, 0) is 0 Å². The van der Waals surface area contributed by atoms with Crippen LogP contribution in [0.4, 0.5) is 5.69 Å². The summed E-state index contributed by atoms with van der Waals surface area (Å²) in [4.78, 5) is 2.43. The van der Waals surface area contributed by atoms with Crippen LogP contribution in [0.25, 0.3) is 5.69 Å². The third-order valence-corrected chi connectivity index (χ3v) is 4.72. The van der Waals surface area contributed by atoms with Gasteiger partial charge >= 0.3 is 0 Å². The molecule has 1 aliphatic carbocycles. The number of rotatable bonds is 3. The summed E-state index contributed by atoms with van der Waals surface area (Å²) < 4.78 is 2.04. The van der Waals surface area contributed by atoms with Gasteiger partial charge in [-0.1, -0.05) is 0 Å². The van der Waals surface area contributed by atoms with Gasteiger partial charge in [0.05, 0.1) is 23.3 Å². The van der Waals surface area contributed by atoms with E-state index in [2.05, 4.69) is 10.00 Å². The van der Waals surface area contributed by atoms with Gasteiger partial charge in [0.15, 0.2) is 0 Å². The molecule has 1 saturated carbocycles. The first-order valence-corrected chi connectivity index (χ1v) is 8.10. The number of phenols is 1. The van der Waals surface area contributed by atoms with Gasteiger partial charge < -0.3 is 15.7 Å².